The fourth-order valence-electron chi connectivity index (χ4n) is 6.15. The summed E-state index contributed by atoms with van der Waals surface area (Å²) in [7, 11) is 2.15. The Kier molecular flexibility index (Phi) is 2.95. The third kappa shape index (κ3) is 1.78. The topological polar surface area (TPSA) is 29.9 Å². The Morgan fingerprint density at radius 3 is 2.35 bits per heavy atom. The maximum atomic E-state index is 4.51. The van der Waals surface area contributed by atoms with E-state index < -0.39 is 0 Å². The van der Waals surface area contributed by atoms with Crippen molar-refractivity contribution in [3.63, 3.8) is 0 Å². The van der Waals surface area contributed by atoms with Gasteiger partial charge in [-0.3, -0.25) is 4.68 Å². The van der Waals surface area contributed by atoms with Crippen LogP contribution < -0.4 is 5.32 Å². The summed E-state index contributed by atoms with van der Waals surface area (Å²) in [4.78, 5) is 0. The lowest BCUT2D eigenvalue weighted by Gasteiger charge is -2.59. The highest BCUT2D eigenvalue weighted by molar-refractivity contribution is 5.16. The predicted molar refractivity (Wildman–Crippen MR) is 80.3 cm³/mol. The van der Waals surface area contributed by atoms with Gasteiger partial charge in [0.2, 0.25) is 0 Å². The van der Waals surface area contributed by atoms with Gasteiger partial charge in [-0.2, -0.15) is 5.10 Å². The highest BCUT2D eigenvalue weighted by atomic mass is 15.3. The van der Waals surface area contributed by atoms with Gasteiger partial charge in [-0.15, -0.1) is 0 Å². The monoisotopic (exact) mass is 273 g/mol. The zero-order chi connectivity index (χ0) is 13.7. The molecule has 0 spiro atoms. The van der Waals surface area contributed by atoms with Crippen LogP contribution in [0.3, 0.4) is 0 Å². The van der Waals surface area contributed by atoms with Gasteiger partial charge < -0.3 is 5.32 Å². The number of rotatable bonds is 4. The first-order valence-corrected chi connectivity index (χ1v) is 8.43. The molecule has 1 heterocycles. The number of hydrogen-bond donors (Lipinski definition) is 1. The molecule has 4 bridgehead atoms. The zero-order valence-electron chi connectivity index (χ0n) is 12.8. The fourth-order valence-corrected chi connectivity index (χ4v) is 6.15. The van der Waals surface area contributed by atoms with Crippen molar-refractivity contribution < 1.29 is 0 Å². The molecule has 3 heteroatoms. The Balaban J connectivity index is 1.71. The van der Waals surface area contributed by atoms with E-state index in [-0.39, 0.29) is 0 Å². The van der Waals surface area contributed by atoms with Crippen molar-refractivity contribution in [1.29, 1.82) is 0 Å². The molecule has 1 atom stereocenters. The summed E-state index contributed by atoms with van der Waals surface area (Å²) >= 11 is 0. The second kappa shape index (κ2) is 4.59. The van der Waals surface area contributed by atoms with E-state index in [4.69, 9.17) is 0 Å². The van der Waals surface area contributed by atoms with Crippen LogP contribution in [-0.4, -0.2) is 16.8 Å². The lowest BCUT2D eigenvalue weighted by atomic mass is 9.47. The van der Waals surface area contributed by atoms with E-state index in [1.165, 1.54) is 44.2 Å². The summed E-state index contributed by atoms with van der Waals surface area (Å²) in [5.41, 5.74) is 1.92. The summed E-state index contributed by atoms with van der Waals surface area (Å²) < 4.78 is 2.19. The Morgan fingerprint density at radius 1 is 1.25 bits per heavy atom. The van der Waals surface area contributed by atoms with E-state index in [0.717, 1.165) is 24.3 Å². The summed E-state index contributed by atoms with van der Waals surface area (Å²) in [5, 5.41) is 8.18. The lowest BCUT2D eigenvalue weighted by Crippen LogP contribution is -2.51. The first kappa shape index (κ1) is 12.9. The molecule has 4 saturated carbocycles. The molecule has 1 aromatic rings. The Bertz CT molecular complexity index is 455. The van der Waals surface area contributed by atoms with Gasteiger partial charge in [-0.1, -0.05) is 0 Å². The number of nitrogens with zero attached hydrogens (tertiary/aromatic N) is 2. The molecule has 0 aromatic carbocycles. The van der Waals surface area contributed by atoms with E-state index >= 15 is 0 Å². The first-order chi connectivity index (χ1) is 9.74. The Labute approximate surface area is 122 Å². The molecule has 0 amide bonds. The molecule has 0 saturated heterocycles. The van der Waals surface area contributed by atoms with Gasteiger partial charge in [-0.25, -0.2) is 0 Å². The highest BCUT2D eigenvalue weighted by Gasteiger charge is 2.54. The molecule has 4 fully saturated rings. The third-order valence-electron chi connectivity index (χ3n) is 6.33. The zero-order valence-corrected chi connectivity index (χ0v) is 12.8. The highest BCUT2D eigenvalue weighted by Crippen LogP contribution is 2.63. The average molecular weight is 273 g/mol. The van der Waals surface area contributed by atoms with Crippen LogP contribution >= 0.6 is 0 Å². The van der Waals surface area contributed by atoms with Crippen LogP contribution in [-0.2, 0) is 6.54 Å². The number of nitrogens with one attached hydrogen (secondary N) is 1. The molecule has 5 rings (SSSR count). The van der Waals surface area contributed by atoms with E-state index in [9.17, 15) is 0 Å². The quantitative estimate of drug-likeness (QED) is 0.911. The molecule has 20 heavy (non-hydrogen) atoms. The van der Waals surface area contributed by atoms with Gasteiger partial charge in [-0.05, 0) is 81.7 Å². The summed E-state index contributed by atoms with van der Waals surface area (Å²) in [5.74, 6) is 3.03. The summed E-state index contributed by atoms with van der Waals surface area (Å²) in [6.07, 6.45) is 10.9. The van der Waals surface area contributed by atoms with Crippen LogP contribution in [0.5, 0.6) is 0 Å². The lowest BCUT2D eigenvalue weighted by molar-refractivity contribution is -0.0750. The SMILES string of the molecule is CCn1nccc1C(NC)C12CC3CC(CC(C3)C1)C2. The molecule has 4 aliphatic rings. The number of aryl methyl sites for hydroxylation is 1. The van der Waals surface area contributed by atoms with Crippen LogP contribution in [0.4, 0.5) is 0 Å². The first-order valence-electron chi connectivity index (χ1n) is 8.43. The second-order valence-corrected chi connectivity index (χ2v) is 7.57. The molecular weight excluding hydrogens is 246 g/mol. The third-order valence-corrected chi connectivity index (χ3v) is 6.33. The van der Waals surface area contributed by atoms with Crippen LogP contribution in [0.25, 0.3) is 0 Å². The van der Waals surface area contributed by atoms with E-state index in [1.807, 2.05) is 6.20 Å². The maximum absolute atomic E-state index is 4.51. The van der Waals surface area contributed by atoms with Gasteiger partial charge in [0, 0.05) is 12.7 Å². The van der Waals surface area contributed by atoms with Crippen molar-refractivity contribution in [2.24, 2.45) is 23.2 Å². The average Bonchev–Trinajstić information content (AvgIpc) is 2.85. The molecule has 1 unspecified atom stereocenters. The van der Waals surface area contributed by atoms with Crippen molar-refractivity contribution >= 4 is 0 Å². The van der Waals surface area contributed by atoms with Crippen molar-refractivity contribution in [2.75, 3.05) is 7.05 Å². The largest absolute Gasteiger partial charge is 0.311 e. The summed E-state index contributed by atoms with van der Waals surface area (Å²) in [6, 6.07) is 2.74. The molecule has 0 radical (unpaired) electrons. The predicted octanol–water partition coefficient (Wildman–Crippen LogP) is 3.38. The Hall–Kier alpha value is -0.830. The van der Waals surface area contributed by atoms with Crippen LogP contribution in [0.15, 0.2) is 12.3 Å². The van der Waals surface area contributed by atoms with Crippen molar-refractivity contribution in [1.82, 2.24) is 15.1 Å². The fraction of sp³-hybridized carbons (Fsp3) is 0.824. The van der Waals surface area contributed by atoms with Crippen LogP contribution in [0.1, 0.15) is 57.2 Å². The van der Waals surface area contributed by atoms with Crippen LogP contribution in [0, 0.1) is 23.2 Å². The van der Waals surface area contributed by atoms with E-state index in [1.54, 1.807) is 0 Å². The summed E-state index contributed by atoms with van der Waals surface area (Å²) in [6.45, 7) is 3.18. The normalized spacial score (nSPS) is 40.2. The number of hydrogen-bond acceptors (Lipinski definition) is 2. The van der Waals surface area contributed by atoms with Gasteiger partial charge in [0.05, 0.1) is 11.7 Å². The molecule has 110 valence electrons. The molecule has 0 aliphatic heterocycles. The van der Waals surface area contributed by atoms with Gasteiger partial charge in [0.15, 0.2) is 0 Å². The van der Waals surface area contributed by atoms with Crippen molar-refractivity contribution in [3.8, 4) is 0 Å². The van der Waals surface area contributed by atoms with Gasteiger partial charge >= 0.3 is 0 Å². The smallest absolute Gasteiger partial charge is 0.0559 e. The minimum absolute atomic E-state index is 0.498. The van der Waals surface area contributed by atoms with E-state index in [2.05, 4.69) is 35.1 Å². The maximum Gasteiger partial charge on any atom is 0.0559 e. The molecule has 4 aliphatic carbocycles. The molecular formula is C17H27N3. The van der Waals surface area contributed by atoms with Gasteiger partial charge in [0.1, 0.15) is 0 Å². The minimum atomic E-state index is 0.498. The standard InChI is InChI=1S/C17H27N3/c1-3-20-15(4-5-19-20)16(18-2)17-9-12-6-13(10-17)8-14(7-12)11-17/h4-5,12-14,16,18H,3,6-11H2,1-2H3. The van der Waals surface area contributed by atoms with Crippen molar-refractivity contribution in [3.05, 3.63) is 18.0 Å². The second-order valence-electron chi connectivity index (χ2n) is 7.57. The minimum Gasteiger partial charge on any atom is -0.311 e. The number of aromatic nitrogens is 2. The molecule has 1 aromatic heterocycles. The molecule has 3 nitrogen and oxygen atoms in total. The van der Waals surface area contributed by atoms with Gasteiger partial charge in [0.25, 0.3) is 0 Å². The van der Waals surface area contributed by atoms with E-state index in [0.29, 0.717) is 11.5 Å². The molecule has 1 N–H and O–H groups in total. The Morgan fingerprint density at radius 2 is 1.85 bits per heavy atom. The van der Waals surface area contributed by atoms with Crippen molar-refractivity contribution in [2.45, 2.75) is 58.0 Å². The van der Waals surface area contributed by atoms with Crippen LogP contribution in [0.2, 0.25) is 0 Å².